The van der Waals surface area contributed by atoms with Gasteiger partial charge in [0.2, 0.25) is 5.91 Å². The molecule has 0 aliphatic heterocycles. The topological polar surface area (TPSA) is 69.0 Å². The Morgan fingerprint density at radius 1 is 1.16 bits per heavy atom. The number of aryl methyl sites for hydroxylation is 1. The maximum Gasteiger partial charge on any atom is 0.234 e. The van der Waals surface area contributed by atoms with E-state index in [2.05, 4.69) is 35.9 Å². The fourth-order valence-corrected chi connectivity index (χ4v) is 3.97. The largest absolute Gasteiger partial charge is 0.482 e. The summed E-state index contributed by atoms with van der Waals surface area (Å²) >= 11 is 1.34. The summed E-state index contributed by atoms with van der Waals surface area (Å²) in [6.07, 6.45) is 1.49. The van der Waals surface area contributed by atoms with Crippen molar-refractivity contribution in [1.82, 2.24) is 14.8 Å². The van der Waals surface area contributed by atoms with E-state index in [9.17, 15) is 4.79 Å². The van der Waals surface area contributed by atoms with Gasteiger partial charge in [-0.15, -0.1) is 16.8 Å². The van der Waals surface area contributed by atoms with Crippen LogP contribution in [0.1, 0.15) is 49.7 Å². The standard InChI is InChI=1S/C25H30N4O2S/c1-6-15-29-24(19(5)31-22-10-8-7-9-18(22)4)27-28-25(29)32-16-23(30)26-21-13-11-20(12-14-21)17(2)3/h6-14,17,19H,1,15-16H2,2-5H3,(H,26,30). The van der Waals surface area contributed by atoms with Gasteiger partial charge in [-0.05, 0) is 49.1 Å². The molecule has 168 valence electrons. The first-order valence-electron chi connectivity index (χ1n) is 10.7. The molecule has 6 nitrogen and oxygen atoms in total. The van der Waals surface area contributed by atoms with E-state index in [1.165, 1.54) is 17.3 Å². The van der Waals surface area contributed by atoms with Gasteiger partial charge in [0.25, 0.3) is 0 Å². The Labute approximate surface area is 194 Å². The van der Waals surface area contributed by atoms with E-state index in [0.29, 0.717) is 23.4 Å². The number of thioether (sulfide) groups is 1. The van der Waals surface area contributed by atoms with Crippen molar-refractivity contribution in [2.75, 3.05) is 11.1 Å². The molecule has 2 aromatic carbocycles. The van der Waals surface area contributed by atoms with Crippen LogP contribution in [0, 0.1) is 6.92 Å². The molecular weight excluding hydrogens is 420 g/mol. The molecule has 0 radical (unpaired) electrons. The first kappa shape index (κ1) is 23.6. The number of nitrogens with zero attached hydrogens (tertiary/aromatic N) is 3. The van der Waals surface area contributed by atoms with E-state index in [-0.39, 0.29) is 17.8 Å². The summed E-state index contributed by atoms with van der Waals surface area (Å²) in [5.74, 6) is 2.10. The van der Waals surface area contributed by atoms with Crippen LogP contribution in [0.25, 0.3) is 0 Å². The van der Waals surface area contributed by atoms with Crippen LogP contribution in [0.3, 0.4) is 0 Å². The van der Waals surface area contributed by atoms with Crippen LogP contribution in [0.2, 0.25) is 0 Å². The van der Waals surface area contributed by atoms with E-state index >= 15 is 0 Å². The van der Waals surface area contributed by atoms with Crippen LogP contribution in [0.4, 0.5) is 5.69 Å². The highest BCUT2D eigenvalue weighted by Crippen LogP contribution is 2.26. The molecular formula is C25H30N4O2S. The molecule has 0 saturated heterocycles. The lowest BCUT2D eigenvalue weighted by Gasteiger charge is -2.17. The lowest BCUT2D eigenvalue weighted by Crippen LogP contribution is -2.15. The Bertz CT molecular complexity index is 1060. The van der Waals surface area contributed by atoms with Gasteiger partial charge in [0.05, 0.1) is 5.75 Å². The third-order valence-corrected chi connectivity index (χ3v) is 5.98. The van der Waals surface area contributed by atoms with Gasteiger partial charge in [-0.25, -0.2) is 0 Å². The smallest absolute Gasteiger partial charge is 0.234 e. The molecule has 3 aromatic rings. The molecule has 0 saturated carbocycles. The van der Waals surface area contributed by atoms with Gasteiger partial charge in [0, 0.05) is 12.2 Å². The minimum Gasteiger partial charge on any atom is -0.482 e. The minimum atomic E-state index is -0.300. The second-order valence-corrected chi connectivity index (χ2v) is 8.82. The Morgan fingerprint density at radius 2 is 1.88 bits per heavy atom. The zero-order valence-corrected chi connectivity index (χ0v) is 19.9. The van der Waals surface area contributed by atoms with Gasteiger partial charge < -0.3 is 10.1 Å². The Balaban J connectivity index is 1.65. The van der Waals surface area contributed by atoms with Crippen LogP contribution in [0.5, 0.6) is 5.75 Å². The van der Waals surface area contributed by atoms with Crippen molar-refractivity contribution >= 4 is 23.4 Å². The van der Waals surface area contributed by atoms with Crippen molar-refractivity contribution in [3.8, 4) is 5.75 Å². The monoisotopic (exact) mass is 450 g/mol. The molecule has 3 rings (SSSR count). The van der Waals surface area contributed by atoms with Gasteiger partial charge in [0.1, 0.15) is 5.75 Å². The summed E-state index contributed by atoms with van der Waals surface area (Å²) in [6.45, 7) is 12.6. The first-order valence-corrected chi connectivity index (χ1v) is 11.7. The summed E-state index contributed by atoms with van der Waals surface area (Å²) < 4.78 is 8.05. The number of allylic oxidation sites excluding steroid dienone is 1. The highest BCUT2D eigenvalue weighted by molar-refractivity contribution is 7.99. The summed E-state index contributed by atoms with van der Waals surface area (Å²) in [4.78, 5) is 12.5. The number of carbonyl (C=O) groups excluding carboxylic acids is 1. The third kappa shape index (κ3) is 6.01. The van der Waals surface area contributed by atoms with Crippen molar-refractivity contribution in [2.24, 2.45) is 0 Å². The normalized spacial score (nSPS) is 11.9. The Hall–Kier alpha value is -3.06. The molecule has 0 aliphatic rings. The van der Waals surface area contributed by atoms with Crippen molar-refractivity contribution in [2.45, 2.75) is 51.4 Å². The molecule has 32 heavy (non-hydrogen) atoms. The van der Waals surface area contributed by atoms with Crippen LogP contribution in [-0.2, 0) is 11.3 Å². The summed E-state index contributed by atoms with van der Waals surface area (Å²) in [5, 5.41) is 12.2. The van der Waals surface area contributed by atoms with E-state index in [1.54, 1.807) is 6.08 Å². The molecule has 1 atom stereocenters. The van der Waals surface area contributed by atoms with E-state index < -0.39 is 0 Å². The summed E-state index contributed by atoms with van der Waals surface area (Å²) in [6, 6.07) is 15.8. The highest BCUT2D eigenvalue weighted by atomic mass is 32.2. The number of para-hydroxylation sites is 1. The molecule has 0 bridgehead atoms. The molecule has 1 unspecified atom stereocenters. The maximum atomic E-state index is 12.5. The van der Waals surface area contributed by atoms with Crippen molar-refractivity contribution in [1.29, 1.82) is 0 Å². The molecule has 7 heteroatoms. The Kier molecular flexibility index (Phi) is 8.11. The zero-order valence-electron chi connectivity index (χ0n) is 19.0. The van der Waals surface area contributed by atoms with Crippen molar-refractivity contribution in [3.05, 3.63) is 78.1 Å². The zero-order chi connectivity index (χ0) is 23.1. The lowest BCUT2D eigenvalue weighted by molar-refractivity contribution is -0.113. The maximum absolute atomic E-state index is 12.5. The number of carbonyl (C=O) groups is 1. The van der Waals surface area contributed by atoms with Crippen LogP contribution >= 0.6 is 11.8 Å². The van der Waals surface area contributed by atoms with Crippen molar-refractivity contribution < 1.29 is 9.53 Å². The molecule has 0 aliphatic carbocycles. The average molecular weight is 451 g/mol. The number of anilines is 1. The molecule has 1 amide bonds. The number of benzene rings is 2. The second kappa shape index (κ2) is 11.0. The summed E-state index contributed by atoms with van der Waals surface area (Å²) in [7, 11) is 0. The SMILES string of the molecule is C=CCn1c(SCC(=O)Nc2ccc(C(C)C)cc2)nnc1C(C)Oc1ccccc1C. The summed E-state index contributed by atoms with van der Waals surface area (Å²) in [5.41, 5.74) is 3.08. The average Bonchev–Trinajstić information content (AvgIpc) is 3.17. The molecule has 1 aromatic heterocycles. The highest BCUT2D eigenvalue weighted by Gasteiger charge is 2.20. The first-order chi connectivity index (χ1) is 15.4. The second-order valence-electron chi connectivity index (χ2n) is 7.88. The lowest BCUT2D eigenvalue weighted by atomic mass is 10.0. The van der Waals surface area contributed by atoms with Gasteiger partial charge in [-0.1, -0.05) is 62.0 Å². The quantitative estimate of drug-likeness (QED) is 0.314. The fourth-order valence-electron chi connectivity index (χ4n) is 3.22. The number of nitrogens with one attached hydrogen (secondary N) is 1. The third-order valence-electron chi connectivity index (χ3n) is 5.01. The molecule has 0 spiro atoms. The van der Waals surface area contributed by atoms with E-state index in [0.717, 1.165) is 17.0 Å². The molecule has 0 fully saturated rings. The number of aromatic nitrogens is 3. The van der Waals surface area contributed by atoms with Crippen molar-refractivity contribution in [3.63, 3.8) is 0 Å². The Morgan fingerprint density at radius 3 is 2.53 bits per heavy atom. The van der Waals surface area contributed by atoms with E-state index in [1.807, 2.05) is 66.9 Å². The number of ether oxygens (including phenoxy) is 1. The molecule has 1 heterocycles. The fraction of sp³-hybridized carbons (Fsp3) is 0.320. The predicted octanol–water partition coefficient (Wildman–Crippen LogP) is 5.77. The van der Waals surface area contributed by atoms with Gasteiger partial charge in [-0.2, -0.15) is 0 Å². The van der Waals surface area contributed by atoms with Crippen LogP contribution < -0.4 is 10.1 Å². The van der Waals surface area contributed by atoms with E-state index in [4.69, 9.17) is 4.74 Å². The number of amides is 1. The number of hydrogen-bond acceptors (Lipinski definition) is 5. The van der Waals surface area contributed by atoms with Gasteiger partial charge >= 0.3 is 0 Å². The number of hydrogen-bond donors (Lipinski definition) is 1. The van der Waals surface area contributed by atoms with Gasteiger partial charge in [-0.3, -0.25) is 9.36 Å². The van der Waals surface area contributed by atoms with Crippen LogP contribution in [-0.4, -0.2) is 26.4 Å². The minimum absolute atomic E-state index is 0.0915. The van der Waals surface area contributed by atoms with Crippen LogP contribution in [0.15, 0.2) is 66.3 Å². The number of rotatable bonds is 10. The molecule has 1 N–H and O–H groups in total. The van der Waals surface area contributed by atoms with Gasteiger partial charge in [0.15, 0.2) is 17.1 Å². The predicted molar refractivity (Wildman–Crippen MR) is 130 cm³/mol.